The zero-order valence-electron chi connectivity index (χ0n) is 23.6. The molecule has 3 aromatic rings. The summed E-state index contributed by atoms with van der Waals surface area (Å²) in [5, 5.41) is 3.17. The Morgan fingerprint density at radius 2 is 1.81 bits per heavy atom. The van der Waals surface area contributed by atoms with Gasteiger partial charge in [-0.3, -0.25) is 23.7 Å². The summed E-state index contributed by atoms with van der Waals surface area (Å²) < 4.78 is 26.2. The van der Waals surface area contributed by atoms with Crippen LogP contribution in [0.2, 0.25) is 0 Å². The average molecular weight is 631 g/mol. The number of thiophene rings is 1. The second kappa shape index (κ2) is 12.2. The van der Waals surface area contributed by atoms with Crippen molar-refractivity contribution in [1.82, 2.24) is 15.1 Å². The van der Waals surface area contributed by atoms with Crippen LogP contribution in [0.1, 0.15) is 47.3 Å². The molecule has 2 aliphatic rings. The fraction of sp³-hybridized carbons (Fsp3) is 0.379. The SMILES string of the molecule is CC(=O)N1CC[C@H]2CC[C@@H](C(=O)N(C)c3ccccc3)N2C(=O)C(NC(=O)c2cc3cc(C(F)P(=O)(O)O)ccc3s2)C1. The molecule has 14 heteroatoms. The third kappa shape index (κ3) is 6.35. The molecule has 2 aromatic carbocycles. The van der Waals surface area contributed by atoms with Crippen LogP contribution in [-0.2, 0) is 18.9 Å². The molecule has 2 fully saturated rings. The minimum atomic E-state index is -5.01. The third-order valence-electron chi connectivity index (χ3n) is 8.03. The van der Waals surface area contributed by atoms with Crippen LogP contribution >= 0.6 is 18.9 Å². The lowest BCUT2D eigenvalue weighted by atomic mass is 10.1. The molecule has 1 aromatic heterocycles. The lowest BCUT2D eigenvalue weighted by Crippen LogP contribution is -2.61. The van der Waals surface area contributed by atoms with Crippen LogP contribution in [0.25, 0.3) is 10.1 Å². The van der Waals surface area contributed by atoms with Crippen LogP contribution in [0.3, 0.4) is 0 Å². The molecule has 2 saturated heterocycles. The number of carbonyl (C=O) groups is 4. The van der Waals surface area contributed by atoms with Crippen molar-refractivity contribution in [3.63, 3.8) is 0 Å². The van der Waals surface area contributed by atoms with E-state index in [1.54, 1.807) is 24.1 Å². The maximum atomic E-state index is 14.3. The molecular formula is C29H32FN4O7PS. The van der Waals surface area contributed by atoms with E-state index in [1.807, 2.05) is 18.2 Å². The molecule has 4 atom stereocenters. The van der Waals surface area contributed by atoms with Gasteiger partial charge >= 0.3 is 7.60 Å². The first-order chi connectivity index (χ1) is 20.3. The fourth-order valence-corrected chi connectivity index (χ4v) is 7.25. The van der Waals surface area contributed by atoms with Gasteiger partial charge in [-0.2, -0.15) is 0 Å². The van der Waals surface area contributed by atoms with Crippen LogP contribution in [0, 0.1) is 0 Å². The van der Waals surface area contributed by atoms with E-state index >= 15 is 0 Å². The van der Waals surface area contributed by atoms with Crippen molar-refractivity contribution < 1.29 is 37.9 Å². The molecule has 4 amide bonds. The summed E-state index contributed by atoms with van der Waals surface area (Å²) in [4.78, 5) is 76.7. The van der Waals surface area contributed by atoms with Crippen molar-refractivity contribution in [3.8, 4) is 0 Å². The highest BCUT2D eigenvalue weighted by Crippen LogP contribution is 2.53. The van der Waals surface area contributed by atoms with Gasteiger partial charge in [0.2, 0.25) is 23.6 Å². The molecule has 5 rings (SSSR count). The molecule has 0 saturated carbocycles. The number of benzene rings is 2. The second-order valence-corrected chi connectivity index (χ2v) is 13.6. The van der Waals surface area contributed by atoms with Gasteiger partial charge in [-0.1, -0.05) is 24.3 Å². The van der Waals surface area contributed by atoms with E-state index in [-0.39, 0.29) is 34.8 Å². The normalized spacial score (nSPS) is 21.6. The van der Waals surface area contributed by atoms with Gasteiger partial charge in [0.05, 0.1) is 4.88 Å². The largest absolute Gasteiger partial charge is 0.363 e. The van der Waals surface area contributed by atoms with Gasteiger partial charge < -0.3 is 29.8 Å². The summed E-state index contributed by atoms with van der Waals surface area (Å²) in [5.74, 6) is -4.03. The molecular weight excluding hydrogens is 598 g/mol. The van der Waals surface area contributed by atoms with Crippen molar-refractivity contribution in [2.45, 2.75) is 50.2 Å². The van der Waals surface area contributed by atoms with E-state index in [1.165, 1.54) is 41.0 Å². The van der Waals surface area contributed by atoms with E-state index in [2.05, 4.69) is 5.32 Å². The monoisotopic (exact) mass is 630 g/mol. The van der Waals surface area contributed by atoms with Crippen LogP contribution < -0.4 is 10.2 Å². The molecule has 2 aliphatic heterocycles. The summed E-state index contributed by atoms with van der Waals surface area (Å²) in [6, 6.07) is 12.4. The predicted octanol–water partition coefficient (Wildman–Crippen LogP) is 3.42. The van der Waals surface area contributed by atoms with Gasteiger partial charge in [0.25, 0.3) is 5.91 Å². The van der Waals surface area contributed by atoms with Crippen LogP contribution in [0.15, 0.2) is 54.6 Å². The van der Waals surface area contributed by atoms with Crippen LogP contribution in [0.4, 0.5) is 10.1 Å². The van der Waals surface area contributed by atoms with E-state index in [0.717, 1.165) is 11.3 Å². The zero-order valence-corrected chi connectivity index (χ0v) is 25.3. The minimum absolute atomic E-state index is 0.0700. The number of amides is 4. The molecule has 3 heterocycles. The summed E-state index contributed by atoms with van der Waals surface area (Å²) in [6.45, 7) is 1.69. The number of para-hydroxylation sites is 1. The lowest BCUT2D eigenvalue weighted by molar-refractivity contribution is -0.144. The Morgan fingerprint density at radius 1 is 1.09 bits per heavy atom. The molecule has 43 heavy (non-hydrogen) atoms. The summed E-state index contributed by atoms with van der Waals surface area (Å²) in [5.41, 5.74) is 0.477. The van der Waals surface area contributed by atoms with Gasteiger partial charge in [-0.15, -0.1) is 11.3 Å². The van der Waals surface area contributed by atoms with Gasteiger partial charge in [0, 0.05) is 43.5 Å². The Balaban J connectivity index is 1.40. The predicted molar refractivity (Wildman–Crippen MR) is 159 cm³/mol. The first-order valence-corrected chi connectivity index (χ1v) is 16.3. The molecule has 0 spiro atoms. The first-order valence-electron chi connectivity index (χ1n) is 13.8. The van der Waals surface area contributed by atoms with Crippen molar-refractivity contribution in [3.05, 3.63) is 65.0 Å². The molecule has 228 valence electrons. The van der Waals surface area contributed by atoms with E-state index in [4.69, 9.17) is 0 Å². The number of halogens is 1. The fourth-order valence-electron chi connectivity index (χ4n) is 5.76. The highest BCUT2D eigenvalue weighted by atomic mass is 32.1. The lowest BCUT2D eigenvalue weighted by Gasteiger charge is -2.39. The number of rotatable bonds is 6. The Bertz CT molecular complexity index is 1610. The Labute approximate surface area is 251 Å². The van der Waals surface area contributed by atoms with Crippen LogP contribution in [0.5, 0.6) is 0 Å². The number of nitrogens with zero attached hydrogens (tertiary/aromatic N) is 3. The number of likely N-dealkylation sites (N-methyl/N-ethyl adjacent to an activating group) is 1. The number of fused-ring (bicyclic) bond motifs is 2. The molecule has 3 N–H and O–H groups in total. The van der Waals surface area contributed by atoms with Crippen LogP contribution in [-0.4, -0.2) is 81.5 Å². The van der Waals surface area contributed by atoms with Crippen molar-refractivity contribution >= 4 is 58.3 Å². The number of anilines is 1. The molecule has 0 aliphatic carbocycles. The highest BCUT2D eigenvalue weighted by molar-refractivity contribution is 7.51. The topological polar surface area (TPSA) is 148 Å². The quantitative estimate of drug-likeness (QED) is 0.354. The summed E-state index contributed by atoms with van der Waals surface area (Å²) >= 11 is 1.07. The van der Waals surface area contributed by atoms with E-state index in [0.29, 0.717) is 41.6 Å². The van der Waals surface area contributed by atoms with Gasteiger partial charge in [-0.05, 0) is 60.5 Å². The molecule has 11 nitrogen and oxygen atoms in total. The smallest absolute Gasteiger partial charge is 0.340 e. The van der Waals surface area contributed by atoms with Crippen molar-refractivity contribution in [1.29, 1.82) is 0 Å². The van der Waals surface area contributed by atoms with Gasteiger partial charge in [0.15, 0.2) is 0 Å². The highest BCUT2D eigenvalue weighted by Gasteiger charge is 2.46. The summed E-state index contributed by atoms with van der Waals surface area (Å²) in [6.07, 6.45) is 1.55. The van der Waals surface area contributed by atoms with E-state index in [9.17, 15) is 37.9 Å². The van der Waals surface area contributed by atoms with Gasteiger partial charge in [-0.25, -0.2) is 4.39 Å². The number of carbonyl (C=O) groups excluding carboxylic acids is 4. The maximum absolute atomic E-state index is 14.3. The Hall–Kier alpha value is -3.64. The summed E-state index contributed by atoms with van der Waals surface area (Å²) in [7, 11) is -3.35. The maximum Gasteiger partial charge on any atom is 0.363 e. The molecule has 2 unspecified atom stereocenters. The van der Waals surface area contributed by atoms with Crippen molar-refractivity contribution in [2.75, 3.05) is 25.0 Å². The first kappa shape index (κ1) is 30.8. The van der Waals surface area contributed by atoms with E-state index < -0.39 is 37.4 Å². The standard InChI is InChI=1S/C29H32FN4O7PS/c1-17(35)33-13-12-21-9-10-23(29(38)32(2)20-6-4-3-5-7-20)34(21)28(37)22(16-33)31-27(36)25-15-19-14-18(8-11-24(19)43-25)26(30)42(39,40)41/h3-8,11,14-15,21-23,26H,9-10,12-13,16H2,1-2H3,(H,31,36)(H2,39,40,41)/t21-,22?,23+,26?/m1/s1. The number of nitrogens with one attached hydrogen (secondary N) is 1. The van der Waals surface area contributed by atoms with Gasteiger partial charge in [0.1, 0.15) is 12.1 Å². The third-order valence-corrected chi connectivity index (χ3v) is 10.0. The second-order valence-electron chi connectivity index (χ2n) is 10.8. The van der Waals surface area contributed by atoms with Crippen molar-refractivity contribution in [2.24, 2.45) is 0 Å². The Morgan fingerprint density at radius 3 is 2.49 bits per heavy atom. The zero-order chi connectivity index (χ0) is 31.1. The molecule has 0 radical (unpaired) electrons. The number of hydrogen-bond donors (Lipinski definition) is 3. The number of alkyl halides is 1. The molecule has 0 bridgehead atoms. The Kier molecular flexibility index (Phi) is 8.71. The minimum Gasteiger partial charge on any atom is -0.340 e. The number of hydrogen-bond acceptors (Lipinski definition) is 6. The average Bonchev–Trinajstić information content (AvgIpc) is 3.60.